The number of halogens is 2. The van der Waals surface area contributed by atoms with Crippen LogP contribution in [-0.4, -0.2) is 25.2 Å². The third kappa shape index (κ3) is 2.81. The number of nitrogens with one attached hydrogen (secondary N) is 1. The van der Waals surface area contributed by atoms with Crippen LogP contribution in [-0.2, 0) is 4.74 Å². The zero-order valence-corrected chi connectivity index (χ0v) is 11.3. The molecule has 1 aromatic carbocycles. The Balaban J connectivity index is 2.18. The monoisotopic (exact) mass is 316 g/mol. The number of hydrogen-bond acceptors (Lipinski definition) is 3. The normalized spacial score (nSPS) is 16.6. The Morgan fingerprint density at radius 3 is 2.72 bits per heavy atom. The van der Waals surface area contributed by atoms with Crippen molar-refractivity contribution in [2.75, 3.05) is 13.2 Å². The smallest absolute Gasteiger partial charge is 0.179 e. The van der Waals surface area contributed by atoms with Crippen LogP contribution in [0.25, 0.3) is 0 Å². The second-order valence-corrected chi connectivity index (χ2v) is 4.88. The first-order valence-corrected chi connectivity index (χ1v) is 6.45. The van der Waals surface area contributed by atoms with Gasteiger partial charge in [-0.05, 0) is 28.1 Å². The van der Waals surface area contributed by atoms with Crippen LogP contribution < -0.4 is 10.5 Å². The number of nitrogens with two attached hydrogens (primary N) is 1. The summed E-state index contributed by atoms with van der Waals surface area (Å²) in [4.78, 5) is 0. The molecule has 0 amide bonds. The molecule has 1 aliphatic rings. The molecule has 98 valence electrons. The third-order valence-electron chi connectivity index (χ3n) is 2.80. The molecule has 6 heteroatoms. The van der Waals surface area contributed by atoms with Crippen LogP contribution in [0.1, 0.15) is 18.4 Å². The fourth-order valence-electron chi connectivity index (χ4n) is 1.80. The molecule has 0 bridgehead atoms. The van der Waals surface area contributed by atoms with Gasteiger partial charge in [0.2, 0.25) is 0 Å². The van der Waals surface area contributed by atoms with Crippen molar-refractivity contribution in [3.05, 3.63) is 28.0 Å². The molecule has 0 aliphatic carbocycles. The highest BCUT2D eigenvalue weighted by molar-refractivity contribution is 9.10. The van der Waals surface area contributed by atoms with Gasteiger partial charge in [0, 0.05) is 18.4 Å². The maximum absolute atomic E-state index is 14.0. The van der Waals surface area contributed by atoms with E-state index in [1.807, 2.05) is 0 Å². The lowest BCUT2D eigenvalue weighted by molar-refractivity contribution is 0.0240. The Hall–Kier alpha value is -1.14. The van der Waals surface area contributed by atoms with Gasteiger partial charge in [0.15, 0.2) is 11.6 Å². The number of hydrogen-bond donors (Lipinski definition) is 2. The van der Waals surface area contributed by atoms with Crippen LogP contribution in [0.15, 0.2) is 16.6 Å². The van der Waals surface area contributed by atoms with Gasteiger partial charge >= 0.3 is 0 Å². The Labute approximate surface area is 113 Å². The highest BCUT2D eigenvalue weighted by atomic mass is 79.9. The van der Waals surface area contributed by atoms with Crippen LogP contribution in [0.4, 0.5) is 4.39 Å². The van der Waals surface area contributed by atoms with Gasteiger partial charge in [-0.25, -0.2) is 4.39 Å². The van der Waals surface area contributed by atoms with Gasteiger partial charge in [-0.2, -0.15) is 0 Å². The Morgan fingerprint density at radius 2 is 2.11 bits per heavy atom. The van der Waals surface area contributed by atoms with E-state index in [1.165, 1.54) is 6.07 Å². The minimum absolute atomic E-state index is 0.0247. The number of nitrogen functional groups attached to an aromatic ring is 1. The van der Waals surface area contributed by atoms with Crippen molar-refractivity contribution >= 4 is 21.8 Å². The summed E-state index contributed by atoms with van der Waals surface area (Å²) in [6.07, 6.45) is 1.49. The summed E-state index contributed by atoms with van der Waals surface area (Å²) >= 11 is 3.10. The van der Waals surface area contributed by atoms with Gasteiger partial charge in [0.05, 0.1) is 17.7 Å². The van der Waals surface area contributed by atoms with E-state index in [0.717, 1.165) is 12.8 Å². The SMILES string of the molecule is N=C(N)c1ccc(OC2CCOCC2)c(F)c1Br. The Bertz CT molecular complexity index is 462. The van der Waals surface area contributed by atoms with Crippen molar-refractivity contribution in [1.82, 2.24) is 0 Å². The summed E-state index contributed by atoms with van der Waals surface area (Å²) in [5.41, 5.74) is 5.67. The lowest BCUT2D eigenvalue weighted by Gasteiger charge is -2.23. The van der Waals surface area contributed by atoms with Crippen LogP contribution in [0.3, 0.4) is 0 Å². The maximum atomic E-state index is 14.0. The molecule has 0 aromatic heterocycles. The molecule has 4 nitrogen and oxygen atoms in total. The molecule has 3 N–H and O–H groups in total. The van der Waals surface area contributed by atoms with E-state index in [-0.39, 0.29) is 22.2 Å². The molecule has 1 fully saturated rings. The van der Waals surface area contributed by atoms with Gasteiger partial charge in [-0.1, -0.05) is 0 Å². The molecule has 0 radical (unpaired) electrons. The second-order valence-electron chi connectivity index (χ2n) is 4.08. The Kier molecular flexibility index (Phi) is 4.19. The molecule has 2 rings (SSSR count). The lowest BCUT2D eigenvalue weighted by atomic mass is 10.1. The minimum Gasteiger partial charge on any atom is -0.487 e. The molecule has 1 aromatic rings. The number of benzene rings is 1. The molecule has 0 atom stereocenters. The number of rotatable bonds is 3. The first kappa shape index (κ1) is 13.3. The fraction of sp³-hybridized carbons (Fsp3) is 0.417. The average molecular weight is 317 g/mol. The standard InChI is InChI=1S/C12H14BrFN2O2/c13-10-8(12(15)16)1-2-9(11(10)14)18-7-3-5-17-6-4-7/h1-2,7H,3-6H2,(H3,15,16). The van der Waals surface area contributed by atoms with E-state index in [0.29, 0.717) is 18.8 Å². The Morgan fingerprint density at radius 1 is 1.44 bits per heavy atom. The van der Waals surface area contributed by atoms with Crippen LogP contribution in [0.5, 0.6) is 5.75 Å². The van der Waals surface area contributed by atoms with Crippen LogP contribution in [0.2, 0.25) is 0 Å². The van der Waals surface area contributed by atoms with E-state index in [9.17, 15) is 4.39 Å². The molecule has 0 saturated carbocycles. The highest BCUT2D eigenvalue weighted by Gasteiger charge is 2.19. The average Bonchev–Trinajstić information content (AvgIpc) is 2.36. The highest BCUT2D eigenvalue weighted by Crippen LogP contribution is 2.30. The number of amidine groups is 1. The molecular weight excluding hydrogens is 303 g/mol. The van der Waals surface area contributed by atoms with Crippen LogP contribution in [0, 0.1) is 11.2 Å². The molecule has 1 saturated heterocycles. The van der Waals surface area contributed by atoms with Gasteiger partial charge in [0.25, 0.3) is 0 Å². The third-order valence-corrected chi connectivity index (χ3v) is 3.57. The van der Waals surface area contributed by atoms with Crippen LogP contribution >= 0.6 is 15.9 Å². The van der Waals surface area contributed by atoms with Gasteiger partial charge in [0.1, 0.15) is 11.9 Å². The topological polar surface area (TPSA) is 68.3 Å². The van der Waals surface area contributed by atoms with E-state index >= 15 is 0 Å². The predicted octanol–water partition coefficient (Wildman–Crippen LogP) is 2.43. The van der Waals surface area contributed by atoms with Gasteiger partial charge in [-0.3, -0.25) is 5.41 Å². The van der Waals surface area contributed by atoms with Crippen molar-refractivity contribution in [1.29, 1.82) is 5.41 Å². The van der Waals surface area contributed by atoms with Crippen molar-refractivity contribution < 1.29 is 13.9 Å². The zero-order valence-electron chi connectivity index (χ0n) is 9.71. The lowest BCUT2D eigenvalue weighted by Crippen LogP contribution is -2.26. The zero-order chi connectivity index (χ0) is 13.1. The van der Waals surface area contributed by atoms with Crippen molar-refractivity contribution in [2.24, 2.45) is 5.73 Å². The summed E-state index contributed by atoms with van der Waals surface area (Å²) in [7, 11) is 0. The molecule has 18 heavy (non-hydrogen) atoms. The van der Waals surface area contributed by atoms with E-state index in [1.54, 1.807) is 6.07 Å². The molecule has 1 aliphatic heterocycles. The molecule has 0 spiro atoms. The first-order chi connectivity index (χ1) is 8.59. The summed E-state index contributed by atoms with van der Waals surface area (Å²) in [6.45, 7) is 1.28. The number of ether oxygens (including phenoxy) is 2. The van der Waals surface area contributed by atoms with Crippen molar-refractivity contribution in [3.63, 3.8) is 0 Å². The predicted molar refractivity (Wildman–Crippen MR) is 69.6 cm³/mol. The van der Waals surface area contributed by atoms with E-state index in [4.69, 9.17) is 20.6 Å². The van der Waals surface area contributed by atoms with Gasteiger partial charge < -0.3 is 15.2 Å². The fourth-order valence-corrected chi connectivity index (χ4v) is 2.35. The maximum Gasteiger partial charge on any atom is 0.179 e. The molecular formula is C12H14BrFN2O2. The molecule has 1 heterocycles. The summed E-state index contributed by atoms with van der Waals surface area (Å²) < 4.78 is 25.0. The largest absolute Gasteiger partial charge is 0.487 e. The summed E-state index contributed by atoms with van der Waals surface area (Å²) in [5.74, 6) is -0.522. The van der Waals surface area contributed by atoms with Gasteiger partial charge in [-0.15, -0.1) is 0 Å². The van der Waals surface area contributed by atoms with E-state index < -0.39 is 5.82 Å². The first-order valence-electron chi connectivity index (χ1n) is 5.66. The van der Waals surface area contributed by atoms with Crippen molar-refractivity contribution in [2.45, 2.75) is 18.9 Å². The molecule has 0 unspecified atom stereocenters. The van der Waals surface area contributed by atoms with E-state index in [2.05, 4.69) is 15.9 Å². The van der Waals surface area contributed by atoms with Crippen molar-refractivity contribution in [3.8, 4) is 5.75 Å². The quantitative estimate of drug-likeness (QED) is 0.664. The summed E-state index contributed by atoms with van der Waals surface area (Å²) in [5, 5.41) is 7.32. The second kappa shape index (κ2) is 5.67. The summed E-state index contributed by atoms with van der Waals surface area (Å²) in [6, 6.07) is 3.08. The minimum atomic E-state index is -0.519.